The predicted octanol–water partition coefficient (Wildman–Crippen LogP) is 3.32. The number of aliphatic hydroxyl groups is 1. The highest BCUT2D eigenvalue weighted by Gasteiger charge is 2.39. The van der Waals surface area contributed by atoms with Crippen molar-refractivity contribution in [1.82, 2.24) is 0 Å². The topological polar surface area (TPSA) is 78.2 Å². The monoisotopic (exact) mass is 259 g/mol. The number of azide groups is 1. The molecule has 0 rings (SSSR count). The summed E-state index contributed by atoms with van der Waals surface area (Å²) in [5, 5.41) is 12.9. The molecule has 0 saturated heterocycles. The molecule has 0 bridgehead atoms. The van der Waals surface area contributed by atoms with Gasteiger partial charge in [0.05, 0.1) is 12.6 Å². The van der Waals surface area contributed by atoms with E-state index in [4.69, 9.17) is 9.96 Å². The van der Waals surface area contributed by atoms with Crippen molar-refractivity contribution in [3.63, 3.8) is 0 Å². The third kappa shape index (κ3) is 5.08. The van der Waals surface area contributed by atoms with Gasteiger partial charge < -0.3 is 9.53 Å². The van der Waals surface area contributed by atoms with Crippen LogP contribution in [0.4, 0.5) is 0 Å². The molecule has 0 aliphatic heterocycles. The highest BCUT2D eigenvalue weighted by atomic mass is 28.4. The van der Waals surface area contributed by atoms with Gasteiger partial charge in [-0.2, -0.15) is 0 Å². The Morgan fingerprint density at radius 2 is 1.94 bits per heavy atom. The lowest BCUT2D eigenvalue weighted by molar-refractivity contribution is 0.0910. The average Bonchev–Trinajstić information content (AvgIpc) is 2.21. The van der Waals surface area contributed by atoms with Crippen molar-refractivity contribution in [3.05, 3.63) is 10.4 Å². The third-order valence-electron chi connectivity index (χ3n) is 3.50. The van der Waals surface area contributed by atoms with Gasteiger partial charge in [-0.3, -0.25) is 0 Å². The van der Waals surface area contributed by atoms with Crippen LogP contribution in [0.1, 0.15) is 27.7 Å². The molecule has 0 aromatic rings. The van der Waals surface area contributed by atoms with Crippen LogP contribution in [-0.2, 0) is 4.43 Å². The lowest BCUT2D eigenvalue weighted by atomic mass is 10.1. The molecular formula is C11H25N3O2Si. The van der Waals surface area contributed by atoms with Crippen LogP contribution in [0.5, 0.6) is 0 Å². The Morgan fingerprint density at radius 1 is 1.41 bits per heavy atom. The number of nitrogens with zero attached hydrogens (tertiary/aromatic N) is 3. The summed E-state index contributed by atoms with van der Waals surface area (Å²) in [5.74, 6) is -0.0189. The van der Waals surface area contributed by atoms with Crippen LogP contribution in [0.15, 0.2) is 5.11 Å². The fourth-order valence-electron chi connectivity index (χ4n) is 1.12. The molecule has 0 heterocycles. The summed E-state index contributed by atoms with van der Waals surface area (Å²) in [6, 6.07) is 0. The lowest BCUT2D eigenvalue weighted by Crippen LogP contribution is -2.46. The van der Waals surface area contributed by atoms with Crippen molar-refractivity contribution in [1.29, 1.82) is 0 Å². The van der Waals surface area contributed by atoms with E-state index >= 15 is 0 Å². The first-order valence-electron chi connectivity index (χ1n) is 5.95. The Kier molecular flexibility index (Phi) is 6.19. The Labute approximate surface area is 105 Å². The molecule has 0 fully saturated rings. The maximum absolute atomic E-state index is 9.20. The smallest absolute Gasteiger partial charge is 0.192 e. The summed E-state index contributed by atoms with van der Waals surface area (Å²) in [7, 11) is -1.89. The number of hydrogen-bond acceptors (Lipinski definition) is 3. The molecule has 6 heteroatoms. The summed E-state index contributed by atoms with van der Waals surface area (Å²) in [5.41, 5.74) is 8.38. The van der Waals surface area contributed by atoms with Crippen molar-refractivity contribution in [2.75, 3.05) is 13.2 Å². The standard InChI is InChI=1S/C11H25N3O2Si/c1-9(8-15)10(7-13-14-12)16-17(5,6)11(2,3)4/h9-10,15H,7-8H2,1-6H3/t9-,10-/m1/s1. The van der Waals surface area contributed by atoms with Gasteiger partial charge in [0.15, 0.2) is 8.32 Å². The Balaban J connectivity index is 4.79. The highest BCUT2D eigenvalue weighted by molar-refractivity contribution is 6.74. The molecule has 0 spiro atoms. The van der Waals surface area contributed by atoms with Gasteiger partial charge >= 0.3 is 0 Å². The van der Waals surface area contributed by atoms with Crippen LogP contribution in [0.2, 0.25) is 18.1 Å². The summed E-state index contributed by atoms with van der Waals surface area (Å²) in [4.78, 5) is 2.76. The van der Waals surface area contributed by atoms with Gasteiger partial charge in [-0.25, -0.2) is 0 Å². The van der Waals surface area contributed by atoms with E-state index in [1.165, 1.54) is 0 Å². The van der Waals surface area contributed by atoms with Gasteiger partial charge in [0.2, 0.25) is 0 Å². The first-order chi connectivity index (χ1) is 7.65. The zero-order valence-corrected chi connectivity index (χ0v) is 12.8. The summed E-state index contributed by atoms with van der Waals surface area (Å²) >= 11 is 0. The van der Waals surface area contributed by atoms with Gasteiger partial charge in [0.25, 0.3) is 0 Å². The molecule has 17 heavy (non-hydrogen) atoms. The highest BCUT2D eigenvalue weighted by Crippen LogP contribution is 2.38. The van der Waals surface area contributed by atoms with Gasteiger partial charge in [-0.15, -0.1) is 0 Å². The second kappa shape index (κ2) is 6.40. The fraction of sp³-hybridized carbons (Fsp3) is 1.00. The Hall–Kier alpha value is -0.553. The van der Waals surface area contributed by atoms with E-state index in [1.54, 1.807) is 0 Å². The van der Waals surface area contributed by atoms with E-state index in [1.807, 2.05) is 6.92 Å². The summed E-state index contributed by atoms with van der Waals surface area (Å²) in [6.45, 7) is 13.0. The summed E-state index contributed by atoms with van der Waals surface area (Å²) < 4.78 is 6.17. The molecule has 0 aromatic heterocycles. The predicted molar refractivity (Wildman–Crippen MR) is 72.3 cm³/mol. The van der Waals surface area contributed by atoms with E-state index < -0.39 is 8.32 Å². The molecule has 0 radical (unpaired) electrons. The first kappa shape index (κ1) is 16.4. The van der Waals surface area contributed by atoms with Crippen LogP contribution in [0.3, 0.4) is 0 Å². The molecule has 0 aliphatic rings. The molecular weight excluding hydrogens is 234 g/mol. The number of aliphatic hydroxyl groups excluding tert-OH is 1. The Morgan fingerprint density at radius 3 is 2.29 bits per heavy atom. The molecule has 5 nitrogen and oxygen atoms in total. The summed E-state index contributed by atoms with van der Waals surface area (Å²) in [6.07, 6.45) is -0.197. The zero-order valence-electron chi connectivity index (χ0n) is 11.8. The molecule has 0 saturated carbocycles. The number of rotatable bonds is 6. The third-order valence-corrected chi connectivity index (χ3v) is 8.00. The maximum Gasteiger partial charge on any atom is 0.192 e. The average molecular weight is 259 g/mol. The van der Waals surface area contributed by atoms with Crippen LogP contribution in [0.25, 0.3) is 10.4 Å². The van der Waals surface area contributed by atoms with Crippen molar-refractivity contribution >= 4 is 8.32 Å². The molecule has 2 atom stereocenters. The van der Waals surface area contributed by atoms with Crippen LogP contribution in [-0.4, -0.2) is 32.7 Å². The van der Waals surface area contributed by atoms with Crippen molar-refractivity contribution in [2.24, 2.45) is 11.0 Å². The molecule has 0 aliphatic carbocycles. The fourth-order valence-corrected chi connectivity index (χ4v) is 2.54. The van der Waals surface area contributed by atoms with E-state index in [9.17, 15) is 5.11 Å². The van der Waals surface area contributed by atoms with Crippen molar-refractivity contribution < 1.29 is 9.53 Å². The Bertz CT molecular complexity index is 283. The minimum Gasteiger partial charge on any atom is -0.413 e. The van der Waals surface area contributed by atoms with Gasteiger partial charge in [-0.05, 0) is 23.7 Å². The minimum absolute atomic E-state index is 0.0189. The lowest BCUT2D eigenvalue weighted by Gasteiger charge is -2.40. The second-order valence-electron chi connectivity index (χ2n) is 5.99. The maximum atomic E-state index is 9.20. The van der Waals surface area contributed by atoms with Gasteiger partial charge in [-0.1, -0.05) is 32.8 Å². The zero-order chi connectivity index (χ0) is 13.7. The van der Waals surface area contributed by atoms with Crippen molar-refractivity contribution in [2.45, 2.75) is 51.9 Å². The second-order valence-corrected chi connectivity index (χ2v) is 10.7. The molecule has 0 amide bonds. The SMILES string of the molecule is C[C@H](CO)[C@@H](CN=[N+]=[N-])O[Si](C)(C)C(C)(C)C. The van der Waals surface area contributed by atoms with Gasteiger partial charge in [0, 0.05) is 17.4 Å². The van der Waals surface area contributed by atoms with E-state index in [0.29, 0.717) is 0 Å². The molecule has 100 valence electrons. The van der Waals surface area contributed by atoms with Gasteiger partial charge in [0.1, 0.15) is 0 Å². The number of hydrogen-bond donors (Lipinski definition) is 1. The molecule has 0 unspecified atom stereocenters. The van der Waals surface area contributed by atoms with E-state index in [0.717, 1.165) is 0 Å². The molecule has 1 N–H and O–H groups in total. The molecule has 0 aromatic carbocycles. The largest absolute Gasteiger partial charge is 0.413 e. The first-order valence-corrected chi connectivity index (χ1v) is 8.86. The normalized spacial score (nSPS) is 16.2. The van der Waals surface area contributed by atoms with Crippen LogP contribution >= 0.6 is 0 Å². The van der Waals surface area contributed by atoms with E-state index in [2.05, 4.69) is 43.9 Å². The quantitative estimate of drug-likeness (QED) is 0.344. The van der Waals surface area contributed by atoms with Crippen molar-refractivity contribution in [3.8, 4) is 0 Å². The van der Waals surface area contributed by atoms with Crippen LogP contribution < -0.4 is 0 Å². The minimum atomic E-state index is -1.89. The van der Waals surface area contributed by atoms with E-state index in [-0.39, 0.29) is 30.2 Å². The van der Waals surface area contributed by atoms with Crippen LogP contribution in [0, 0.1) is 5.92 Å².